The zero-order valence-corrected chi connectivity index (χ0v) is 15.1. The zero-order chi connectivity index (χ0) is 18.5. The third-order valence-electron chi connectivity index (χ3n) is 4.04. The third kappa shape index (κ3) is 4.26. The smallest absolute Gasteiger partial charge is 0.231 e. The van der Waals surface area contributed by atoms with Gasteiger partial charge in [-0.3, -0.25) is 9.59 Å². The minimum absolute atomic E-state index is 0.150. The average Bonchev–Trinajstić information content (AvgIpc) is 3.09. The lowest BCUT2D eigenvalue weighted by atomic mass is 10.2. The second kappa shape index (κ2) is 8.10. The molecule has 0 unspecified atom stereocenters. The van der Waals surface area contributed by atoms with Gasteiger partial charge in [-0.1, -0.05) is 29.8 Å². The molecular formula is C19H19ClN2O4. The SMILES string of the molecule is CC(=O)N(CCC(=O)NCc1ccccc1Cl)c1ccc2c(c1)OCO2. The number of rotatable bonds is 6. The number of hydrogen-bond acceptors (Lipinski definition) is 4. The number of carbonyl (C=O) groups is 2. The highest BCUT2D eigenvalue weighted by Gasteiger charge is 2.19. The van der Waals surface area contributed by atoms with Gasteiger partial charge in [-0.05, 0) is 23.8 Å². The van der Waals surface area contributed by atoms with Gasteiger partial charge >= 0.3 is 0 Å². The lowest BCUT2D eigenvalue weighted by molar-refractivity contribution is -0.121. The fraction of sp³-hybridized carbons (Fsp3) is 0.263. The van der Waals surface area contributed by atoms with E-state index < -0.39 is 0 Å². The molecule has 3 rings (SSSR count). The van der Waals surface area contributed by atoms with E-state index in [0.29, 0.717) is 28.8 Å². The summed E-state index contributed by atoms with van der Waals surface area (Å²) in [6, 6.07) is 12.6. The summed E-state index contributed by atoms with van der Waals surface area (Å²) in [5.41, 5.74) is 1.52. The molecule has 0 bridgehead atoms. The van der Waals surface area contributed by atoms with Gasteiger partial charge in [0.25, 0.3) is 0 Å². The normalized spacial score (nSPS) is 11.9. The molecule has 26 heavy (non-hydrogen) atoms. The van der Waals surface area contributed by atoms with E-state index in [1.54, 1.807) is 24.3 Å². The van der Waals surface area contributed by atoms with Gasteiger partial charge in [0.15, 0.2) is 11.5 Å². The monoisotopic (exact) mass is 374 g/mol. The summed E-state index contributed by atoms with van der Waals surface area (Å²) in [5.74, 6) is 0.936. The summed E-state index contributed by atoms with van der Waals surface area (Å²) >= 11 is 6.08. The zero-order valence-electron chi connectivity index (χ0n) is 14.3. The summed E-state index contributed by atoms with van der Waals surface area (Å²) in [7, 11) is 0. The molecule has 2 amide bonds. The molecule has 0 aliphatic carbocycles. The molecule has 6 nitrogen and oxygen atoms in total. The fourth-order valence-corrected chi connectivity index (χ4v) is 2.86. The minimum atomic E-state index is -0.156. The molecule has 2 aromatic carbocycles. The van der Waals surface area contributed by atoms with E-state index in [2.05, 4.69) is 5.32 Å². The van der Waals surface area contributed by atoms with Crippen molar-refractivity contribution in [1.82, 2.24) is 5.32 Å². The lowest BCUT2D eigenvalue weighted by Crippen LogP contribution is -2.33. The summed E-state index contributed by atoms with van der Waals surface area (Å²) in [6.45, 7) is 2.25. The Balaban J connectivity index is 1.58. The van der Waals surface area contributed by atoms with Crippen LogP contribution in [0.15, 0.2) is 42.5 Å². The van der Waals surface area contributed by atoms with Crippen LogP contribution in [0.4, 0.5) is 5.69 Å². The number of anilines is 1. The standard InChI is InChI=1S/C19H19ClN2O4/c1-13(23)22(15-6-7-17-18(10-15)26-12-25-17)9-8-19(24)21-11-14-4-2-3-5-16(14)20/h2-7,10H,8-9,11-12H2,1H3,(H,21,24). The number of halogens is 1. The van der Waals surface area contributed by atoms with Crippen LogP contribution in [-0.4, -0.2) is 25.2 Å². The molecule has 136 valence electrons. The van der Waals surface area contributed by atoms with E-state index >= 15 is 0 Å². The summed E-state index contributed by atoms with van der Waals surface area (Å²) in [5, 5.41) is 3.43. The maximum absolute atomic E-state index is 12.1. The Morgan fingerprint density at radius 2 is 1.92 bits per heavy atom. The Bertz CT molecular complexity index is 825. The van der Waals surface area contributed by atoms with E-state index in [-0.39, 0.29) is 31.6 Å². The highest BCUT2D eigenvalue weighted by Crippen LogP contribution is 2.35. The van der Waals surface area contributed by atoms with Crippen LogP contribution in [0.3, 0.4) is 0 Å². The molecule has 1 aliphatic rings. The number of nitrogens with zero attached hydrogens (tertiary/aromatic N) is 1. The van der Waals surface area contributed by atoms with Crippen LogP contribution in [0.5, 0.6) is 11.5 Å². The van der Waals surface area contributed by atoms with Crippen molar-refractivity contribution in [3.63, 3.8) is 0 Å². The first-order valence-electron chi connectivity index (χ1n) is 8.22. The van der Waals surface area contributed by atoms with Gasteiger partial charge in [0, 0.05) is 43.2 Å². The molecule has 0 aromatic heterocycles. The number of hydrogen-bond donors (Lipinski definition) is 1. The van der Waals surface area contributed by atoms with Crippen LogP contribution in [0, 0.1) is 0 Å². The van der Waals surface area contributed by atoms with Gasteiger partial charge in [-0.15, -0.1) is 0 Å². The molecule has 0 atom stereocenters. The van der Waals surface area contributed by atoms with Crippen LogP contribution in [0.25, 0.3) is 0 Å². The van der Waals surface area contributed by atoms with E-state index in [4.69, 9.17) is 21.1 Å². The van der Waals surface area contributed by atoms with E-state index in [1.165, 1.54) is 11.8 Å². The molecule has 0 radical (unpaired) electrons. The van der Waals surface area contributed by atoms with E-state index in [0.717, 1.165) is 5.56 Å². The van der Waals surface area contributed by atoms with Crippen LogP contribution < -0.4 is 19.7 Å². The first-order valence-corrected chi connectivity index (χ1v) is 8.60. The maximum Gasteiger partial charge on any atom is 0.231 e. The Kier molecular flexibility index (Phi) is 5.63. The van der Waals surface area contributed by atoms with Crippen molar-refractivity contribution < 1.29 is 19.1 Å². The van der Waals surface area contributed by atoms with Crippen LogP contribution in [0.2, 0.25) is 5.02 Å². The van der Waals surface area contributed by atoms with Gasteiger partial charge in [0.05, 0.1) is 0 Å². The van der Waals surface area contributed by atoms with Gasteiger partial charge < -0.3 is 19.7 Å². The molecule has 0 fully saturated rings. The van der Waals surface area contributed by atoms with Crippen molar-refractivity contribution in [3.8, 4) is 11.5 Å². The molecule has 1 heterocycles. The quantitative estimate of drug-likeness (QED) is 0.843. The molecule has 2 aromatic rings. The molecular weight excluding hydrogens is 356 g/mol. The number of fused-ring (bicyclic) bond motifs is 1. The third-order valence-corrected chi connectivity index (χ3v) is 4.41. The van der Waals surface area contributed by atoms with Crippen LogP contribution in [0.1, 0.15) is 18.9 Å². The Morgan fingerprint density at radius 1 is 1.15 bits per heavy atom. The van der Waals surface area contributed by atoms with Crippen molar-refractivity contribution in [3.05, 3.63) is 53.1 Å². The molecule has 1 N–H and O–H groups in total. The topological polar surface area (TPSA) is 67.9 Å². The van der Waals surface area contributed by atoms with Crippen LogP contribution in [-0.2, 0) is 16.1 Å². The molecule has 0 spiro atoms. The van der Waals surface area contributed by atoms with E-state index in [1.807, 2.05) is 18.2 Å². The largest absolute Gasteiger partial charge is 0.454 e. The van der Waals surface area contributed by atoms with Crippen molar-refractivity contribution in [2.24, 2.45) is 0 Å². The summed E-state index contributed by atoms with van der Waals surface area (Å²) in [4.78, 5) is 25.7. The van der Waals surface area contributed by atoms with Gasteiger partial charge in [0.1, 0.15) is 0 Å². The van der Waals surface area contributed by atoms with Crippen molar-refractivity contribution in [2.75, 3.05) is 18.2 Å². The second-order valence-corrected chi connectivity index (χ2v) is 6.23. The number of carbonyl (C=O) groups excluding carboxylic acids is 2. The Labute approximate surface area is 156 Å². The summed E-state index contributed by atoms with van der Waals surface area (Å²) < 4.78 is 10.6. The average molecular weight is 375 g/mol. The highest BCUT2D eigenvalue weighted by atomic mass is 35.5. The molecule has 0 saturated heterocycles. The van der Waals surface area contributed by atoms with E-state index in [9.17, 15) is 9.59 Å². The number of nitrogens with one attached hydrogen (secondary N) is 1. The maximum atomic E-state index is 12.1. The van der Waals surface area contributed by atoms with Gasteiger partial charge in [0.2, 0.25) is 18.6 Å². The Hall–Kier alpha value is -2.73. The number of benzene rings is 2. The van der Waals surface area contributed by atoms with Crippen molar-refractivity contribution in [1.29, 1.82) is 0 Å². The number of ether oxygens (including phenoxy) is 2. The summed E-state index contributed by atoms with van der Waals surface area (Å²) in [6.07, 6.45) is 0.179. The lowest BCUT2D eigenvalue weighted by Gasteiger charge is -2.21. The first kappa shape index (κ1) is 18.1. The predicted molar refractivity (Wildman–Crippen MR) is 98.5 cm³/mol. The number of amides is 2. The predicted octanol–water partition coefficient (Wildman–Crippen LogP) is 3.13. The molecule has 1 aliphatic heterocycles. The van der Waals surface area contributed by atoms with Gasteiger partial charge in [-0.2, -0.15) is 0 Å². The molecule has 7 heteroatoms. The molecule has 0 saturated carbocycles. The highest BCUT2D eigenvalue weighted by molar-refractivity contribution is 6.31. The second-order valence-electron chi connectivity index (χ2n) is 5.83. The Morgan fingerprint density at radius 3 is 2.69 bits per heavy atom. The van der Waals surface area contributed by atoms with Crippen molar-refractivity contribution in [2.45, 2.75) is 19.9 Å². The van der Waals surface area contributed by atoms with Crippen molar-refractivity contribution >= 4 is 29.1 Å². The van der Waals surface area contributed by atoms with Gasteiger partial charge in [-0.25, -0.2) is 0 Å². The first-order chi connectivity index (χ1) is 12.5. The van der Waals surface area contributed by atoms with Crippen LogP contribution >= 0.6 is 11.6 Å². The minimum Gasteiger partial charge on any atom is -0.454 e. The fourth-order valence-electron chi connectivity index (χ4n) is 2.66.